The summed E-state index contributed by atoms with van der Waals surface area (Å²) in [6.07, 6.45) is 2.61. The fraction of sp³-hybridized carbons (Fsp3) is 0.500. The normalized spacial score (nSPS) is 13.5. The molecular weight excluding hydrogens is 260 g/mol. The Morgan fingerprint density at radius 1 is 1.47 bits per heavy atom. The predicted octanol–water partition coefficient (Wildman–Crippen LogP) is 1.84. The van der Waals surface area contributed by atoms with Crippen LogP contribution in [0.1, 0.15) is 18.9 Å². The maximum absolute atomic E-state index is 11.2. The minimum absolute atomic E-state index is 0.0584. The van der Waals surface area contributed by atoms with Crippen LogP contribution in [0.15, 0.2) is 24.3 Å². The lowest BCUT2D eigenvalue weighted by Gasteiger charge is -2.11. The van der Waals surface area contributed by atoms with Crippen molar-refractivity contribution in [2.45, 2.75) is 25.1 Å². The van der Waals surface area contributed by atoms with Gasteiger partial charge in [0.1, 0.15) is 11.8 Å². The molecule has 2 unspecified atom stereocenters. The average Bonchev–Trinajstić information content (AvgIpc) is 2.42. The highest BCUT2D eigenvalue weighted by Crippen LogP contribution is 2.17. The molecule has 0 fully saturated rings. The van der Waals surface area contributed by atoms with Gasteiger partial charge in [-0.3, -0.25) is 4.21 Å². The van der Waals surface area contributed by atoms with E-state index in [2.05, 4.69) is 5.32 Å². The van der Waals surface area contributed by atoms with Gasteiger partial charge in [0.25, 0.3) is 0 Å². The molecule has 0 spiro atoms. The van der Waals surface area contributed by atoms with E-state index in [4.69, 9.17) is 10.00 Å². The first-order valence-electron chi connectivity index (χ1n) is 6.25. The maximum Gasteiger partial charge on any atom is 0.174 e. The van der Waals surface area contributed by atoms with Gasteiger partial charge in [-0.15, -0.1) is 0 Å². The zero-order chi connectivity index (χ0) is 14.1. The second-order valence-electron chi connectivity index (χ2n) is 4.33. The number of hydrogen-bond donors (Lipinski definition) is 1. The second kappa shape index (κ2) is 8.68. The van der Waals surface area contributed by atoms with Crippen molar-refractivity contribution < 1.29 is 8.95 Å². The van der Waals surface area contributed by atoms with E-state index in [0.29, 0.717) is 6.54 Å². The first-order valence-corrected chi connectivity index (χ1v) is 7.88. The molecule has 0 aliphatic heterocycles. The van der Waals surface area contributed by atoms with Crippen LogP contribution in [0, 0.1) is 11.3 Å². The molecule has 5 heteroatoms. The van der Waals surface area contributed by atoms with Crippen LogP contribution in [-0.2, 0) is 17.3 Å². The van der Waals surface area contributed by atoms with Crippen LogP contribution in [0.2, 0.25) is 0 Å². The third-order valence-electron chi connectivity index (χ3n) is 2.87. The molecule has 0 bridgehead atoms. The van der Waals surface area contributed by atoms with Gasteiger partial charge in [0.2, 0.25) is 0 Å². The number of ether oxygens (including phenoxy) is 1. The van der Waals surface area contributed by atoms with E-state index in [-0.39, 0.29) is 11.9 Å². The van der Waals surface area contributed by atoms with Gasteiger partial charge in [0, 0.05) is 34.4 Å². The molecule has 0 aliphatic rings. The van der Waals surface area contributed by atoms with Gasteiger partial charge in [0.05, 0.1) is 0 Å². The largest absolute Gasteiger partial charge is 0.478 e. The highest BCUT2D eigenvalue weighted by molar-refractivity contribution is 7.84. The van der Waals surface area contributed by atoms with Crippen LogP contribution >= 0.6 is 0 Å². The van der Waals surface area contributed by atoms with E-state index in [1.165, 1.54) is 0 Å². The number of rotatable bonds is 8. The van der Waals surface area contributed by atoms with E-state index in [1.54, 1.807) is 6.26 Å². The third-order valence-corrected chi connectivity index (χ3v) is 4.24. The molecular formula is C14H20N2O2S. The van der Waals surface area contributed by atoms with Gasteiger partial charge in [-0.2, -0.15) is 5.26 Å². The Labute approximate surface area is 117 Å². The number of benzene rings is 1. The first kappa shape index (κ1) is 15.7. The fourth-order valence-electron chi connectivity index (χ4n) is 1.60. The fourth-order valence-corrected chi connectivity index (χ4v) is 2.04. The molecule has 0 heterocycles. The van der Waals surface area contributed by atoms with Gasteiger partial charge >= 0.3 is 0 Å². The smallest absolute Gasteiger partial charge is 0.174 e. The van der Waals surface area contributed by atoms with Crippen LogP contribution in [0.25, 0.3) is 0 Å². The molecule has 1 rings (SSSR count). The Morgan fingerprint density at radius 2 is 2.21 bits per heavy atom. The van der Waals surface area contributed by atoms with Gasteiger partial charge < -0.3 is 10.1 Å². The van der Waals surface area contributed by atoms with Crippen molar-refractivity contribution in [1.82, 2.24) is 5.32 Å². The summed E-state index contributed by atoms with van der Waals surface area (Å²) in [6, 6.07) is 9.63. The lowest BCUT2D eigenvalue weighted by Crippen LogP contribution is -2.21. The van der Waals surface area contributed by atoms with Crippen LogP contribution in [0.3, 0.4) is 0 Å². The summed E-state index contributed by atoms with van der Waals surface area (Å²) < 4.78 is 16.6. The zero-order valence-electron chi connectivity index (χ0n) is 11.4. The van der Waals surface area contributed by atoms with Crippen molar-refractivity contribution in [2.24, 2.45) is 0 Å². The van der Waals surface area contributed by atoms with Gasteiger partial charge in [-0.25, -0.2) is 0 Å². The molecule has 19 heavy (non-hydrogen) atoms. The second-order valence-corrected chi connectivity index (χ2v) is 6.13. The summed E-state index contributed by atoms with van der Waals surface area (Å²) in [4.78, 5) is 0. The zero-order valence-corrected chi connectivity index (χ0v) is 12.2. The highest BCUT2D eigenvalue weighted by Gasteiger charge is 2.06. The highest BCUT2D eigenvalue weighted by atomic mass is 32.2. The monoisotopic (exact) mass is 280 g/mol. The van der Waals surface area contributed by atoms with Gasteiger partial charge in [-0.05, 0) is 19.0 Å². The van der Waals surface area contributed by atoms with E-state index >= 15 is 0 Å². The molecule has 4 nitrogen and oxygen atoms in total. The molecule has 1 aromatic carbocycles. The Balaban J connectivity index is 2.40. The van der Waals surface area contributed by atoms with Gasteiger partial charge in [0.15, 0.2) is 6.61 Å². The van der Waals surface area contributed by atoms with E-state index < -0.39 is 10.8 Å². The third kappa shape index (κ3) is 5.86. The maximum atomic E-state index is 11.2. The van der Waals surface area contributed by atoms with Crippen LogP contribution in [0.5, 0.6) is 5.75 Å². The van der Waals surface area contributed by atoms with E-state index in [1.807, 2.05) is 37.3 Å². The molecule has 104 valence electrons. The molecule has 0 saturated heterocycles. The summed E-state index contributed by atoms with van der Waals surface area (Å²) in [5, 5.41) is 12.0. The quantitative estimate of drug-likeness (QED) is 0.738. The SMILES string of the molecule is CC(CCNCc1ccccc1OCC#N)S(C)=O. The molecule has 1 aromatic rings. The Morgan fingerprint density at radius 3 is 2.89 bits per heavy atom. The van der Waals surface area contributed by atoms with Crippen molar-refractivity contribution in [3.63, 3.8) is 0 Å². The molecule has 0 aromatic heterocycles. The predicted molar refractivity (Wildman–Crippen MR) is 77.4 cm³/mol. The molecule has 2 atom stereocenters. The van der Waals surface area contributed by atoms with E-state index in [9.17, 15) is 4.21 Å². The Hall–Kier alpha value is -1.38. The number of hydrogen-bond acceptors (Lipinski definition) is 4. The Kier molecular flexibility index (Phi) is 7.16. The van der Waals surface area contributed by atoms with Crippen molar-refractivity contribution in [3.05, 3.63) is 29.8 Å². The van der Waals surface area contributed by atoms with Crippen molar-refractivity contribution >= 4 is 10.8 Å². The Bertz CT molecular complexity index is 457. The summed E-state index contributed by atoms with van der Waals surface area (Å²) in [6.45, 7) is 3.54. The summed E-state index contributed by atoms with van der Waals surface area (Å²) >= 11 is 0. The van der Waals surface area contributed by atoms with Crippen LogP contribution < -0.4 is 10.1 Å². The summed E-state index contributed by atoms with van der Waals surface area (Å²) in [7, 11) is -0.768. The number of nitriles is 1. The molecule has 0 amide bonds. The first-order chi connectivity index (χ1) is 9.15. The van der Waals surface area contributed by atoms with Crippen LogP contribution in [-0.4, -0.2) is 28.9 Å². The molecule has 0 saturated carbocycles. The molecule has 0 radical (unpaired) electrons. The minimum atomic E-state index is -0.768. The standard InChI is InChI=1S/C14H20N2O2S/c1-12(19(2)17)7-9-16-11-13-5-3-4-6-14(13)18-10-8-15/h3-6,12,16H,7,9-11H2,1-2H3. The van der Waals surface area contributed by atoms with Crippen molar-refractivity contribution in [1.29, 1.82) is 5.26 Å². The van der Waals surface area contributed by atoms with Crippen molar-refractivity contribution in [3.8, 4) is 11.8 Å². The number of nitrogens with zero attached hydrogens (tertiary/aromatic N) is 1. The lowest BCUT2D eigenvalue weighted by atomic mass is 10.2. The van der Waals surface area contributed by atoms with E-state index in [0.717, 1.165) is 24.3 Å². The number of nitrogens with one attached hydrogen (secondary N) is 1. The number of para-hydroxylation sites is 1. The topological polar surface area (TPSA) is 62.1 Å². The van der Waals surface area contributed by atoms with Gasteiger partial charge in [-0.1, -0.05) is 25.1 Å². The summed E-state index contributed by atoms with van der Waals surface area (Å²) in [5.74, 6) is 0.740. The molecule has 1 N–H and O–H groups in total. The lowest BCUT2D eigenvalue weighted by molar-refractivity contribution is 0.362. The average molecular weight is 280 g/mol. The van der Waals surface area contributed by atoms with Crippen LogP contribution in [0.4, 0.5) is 0 Å². The van der Waals surface area contributed by atoms with Crippen molar-refractivity contribution in [2.75, 3.05) is 19.4 Å². The molecule has 0 aliphatic carbocycles. The minimum Gasteiger partial charge on any atom is -0.478 e. The summed E-state index contributed by atoms with van der Waals surface area (Å²) in [5.41, 5.74) is 1.03.